The minimum absolute atomic E-state index is 0.0246. The quantitative estimate of drug-likeness (QED) is 0.294. The van der Waals surface area contributed by atoms with E-state index in [1.54, 1.807) is 56.7 Å². The number of rotatable bonds is 10. The summed E-state index contributed by atoms with van der Waals surface area (Å²) in [6.45, 7) is 0. The number of amides is 1. The second kappa shape index (κ2) is 12.1. The molecule has 3 rings (SSSR count). The first-order valence-electron chi connectivity index (χ1n) is 11.2. The smallest absolute Gasteiger partial charge is 0.416 e. The average molecular weight is 530 g/mol. The number of nitrogens with one attached hydrogen (secondary N) is 1. The highest BCUT2D eigenvalue weighted by Crippen LogP contribution is 2.38. The standard InChI is InChI=1S/C27H25F3N2O6/c1-36-21-5-4-6-22(37-2)23(21)17-9-7-16(8-10-17)15-20(26(34)35)31-25(33)24(32-38-3)18-11-13-19(14-12-18)27(28,29)30/h4-14,20H,15H2,1-3H3,(H,31,33)(H,34,35)/t20-/m0/s1. The van der Waals surface area contributed by atoms with E-state index in [2.05, 4.69) is 15.3 Å². The van der Waals surface area contributed by atoms with Crippen molar-refractivity contribution in [3.05, 3.63) is 83.4 Å². The molecular weight excluding hydrogens is 505 g/mol. The van der Waals surface area contributed by atoms with E-state index in [1.807, 2.05) is 0 Å². The van der Waals surface area contributed by atoms with Gasteiger partial charge in [-0.25, -0.2) is 4.79 Å². The topological polar surface area (TPSA) is 106 Å². The number of hydrogen-bond acceptors (Lipinski definition) is 6. The van der Waals surface area contributed by atoms with Crippen molar-refractivity contribution in [2.45, 2.75) is 18.6 Å². The van der Waals surface area contributed by atoms with Gasteiger partial charge < -0.3 is 24.7 Å². The maximum Gasteiger partial charge on any atom is 0.416 e. The van der Waals surface area contributed by atoms with Crippen LogP contribution in [-0.2, 0) is 27.0 Å². The molecule has 0 bridgehead atoms. The van der Waals surface area contributed by atoms with Gasteiger partial charge in [-0.15, -0.1) is 0 Å². The van der Waals surface area contributed by atoms with Gasteiger partial charge in [0.2, 0.25) is 0 Å². The largest absolute Gasteiger partial charge is 0.496 e. The van der Waals surface area contributed by atoms with Gasteiger partial charge in [0, 0.05) is 12.0 Å². The van der Waals surface area contributed by atoms with E-state index in [0.717, 1.165) is 42.5 Å². The number of carboxylic acids is 1. The Balaban J connectivity index is 1.80. The van der Waals surface area contributed by atoms with Crippen molar-refractivity contribution in [2.24, 2.45) is 5.16 Å². The zero-order valence-electron chi connectivity index (χ0n) is 20.7. The maximum absolute atomic E-state index is 12.9. The van der Waals surface area contributed by atoms with Gasteiger partial charge in [-0.1, -0.05) is 47.6 Å². The van der Waals surface area contributed by atoms with E-state index in [4.69, 9.17) is 9.47 Å². The van der Waals surface area contributed by atoms with E-state index in [0.29, 0.717) is 17.1 Å². The van der Waals surface area contributed by atoms with Gasteiger partial charge in [0.15, 0.2) is 5.71 Å². The molecule has 3 aromatic rings. The molecule has 11 heteroatoms. The van der Waals surface area contributed by atoms with Gasteiger partial charge >= 0.3 is 12.1 Å². The van der Waals surface area contributed by atoms with Crippen molar-refractivity contribution in [1.29, 1.82) is 0 Å². The van der Waals surface area contributed by atoms with Crippen molar-refractivity contribution in [2.75, 3.05) is 21.3 Å². The molecule has 1 amide bonds. The predicted octanol–water partition coefficient (Wildman–Crippen LogP) is 4.55. The fraction of sp³-hybridized carbons (Fsp3) is 0.222. The molecular formula is C27H25F3N2O6. The highest BCUT2D eigenvalue weighted by Gasteiger charge is 2.31. The number of carbonyl (C=O) groups is 2. The maximum atomic E-state index is 12.9. The van der Waals surface area contributed by atoms with Crippen molar-refractivity contribution >= 4 is 17.6 Å². The van der Waals surface area contributed by atoms with E-state index < -0.39 is 29.7 Å². The number of aliphatic carboxylic acids is 1. The molecule has 0 saturated heterocycles. The Kier molecular flexibility index (Phi) is 8.95. The molecule has 200 valence electrons. The summed E-state index contributed by atoms with van der Waals surface area (Å²) in [6.07, 6.45) is -4.63. The van der Waals surface area contributed by atoms with Crippen LogP contribution >= 0.6 is 0 Å². The Labute approximate surface area is 216 Å². The third-order valence-electron chi connectivity index (χ3n) is 5.60. The molecule has 0 unspecified atom stereocenters. The first-order valence-corrected chi connectivity index (χ1v) is 11.2. The van der Waals surface area contributed by atoms with Crippen LogP contribution in [0.2, 0.25) is 0 Å². The lowest BCUT2D eigenvalue weighted by Crippen LogP contribution is -2.45. The second-order valence-corrected chi connectivity index (χ2v) is 8.00. The van der Waals surface area contributed by atoms with Crippen molar-refractivity contribution in [1.82, 2.24) is 5.32 Å². The molecule has 2 N–H and O–H groups in total. The molecule has 0 radical (unpaired) electrons. The highest BCUT2D eigenvalue weighted by atomic mass is 19.4. The van der Waals surface area contributed by atoms with Crippen LogP contribution in [0.15, 0.2) is 71.9 Å². The number of halogens is 3. The van der Waals surface area contributed by atoms with Gasteiger partial charge in [-0.2, -0.15) is 13.2 Å². The van der Waals surface area contributed by atoms with Crippen LogP contribution in [0.3, 0.4) is 0 Å². The molecule has 0 aromatic heterocycles. The summed E-state index contributed by atoms with van der Waals surface area (Å²) in [5, 5.41) is 15.7. The summed E-state index contributed by atoms with van der Waals surface area (Å²) < 4.78 is 49.5. The molecule has 8 nitrogen and oxygen atoms in total. The molecule has 1 atom stereocenters. The monoisotopic (exact) mass is 530 g/mol. The number of ether oxygens (including phenoxy) is 2. The van der Waals surface area contributed by atoms with Crippen LogP contribution < -0.4 is 14.8 Å². The molecule has 38 heavy (non-hydrogen) atoms. The third-order valence-corrected chi connectivity index (χ3v) is 5.60. The molecule has 0 heterocycles. The van der Waals surface area contributed by atoms with Gasteiger partial charge in [0.05, 0.1) is 25.3 Å². The average Bonchev–Trinajstić information content (AvgIpc) is 2.90. The number of hydrogen-bond donors (Lipinski definition) is 2. The van der Waals surface area contributed by atoms with Crippen molar-refractivity contribution in [3.8, 4) is 22.6 Å². The van der Waals surface area contributed by atoms with E-state index in [-0.39, 0.29) is 17.7 Å². The van der Waals surface area contributed by atoms with E-state index in [9.17, 15) is 27.9 Å². The highest BCUT2D eigenvalue weighted by molar-refractivity contribution is 6.45. The fourth-order valence-corrected chi connectivity index (χ4v) is 3.74. The Morgan fingerprint density at radius 1 is 0.921 bits per heavy atom. The number of nitrogens with zero attached hydrogens (tertiary/aromatic N) is 1. The van der Waals surface area contributed by atoms with Crippen LogP contribution in [0.4, 0.5) is 13.2 Å². The number of methoxy groups -OCH3 is 2. The van der Waals surface area contributed by atoms with Crippen molar-refractivity contribution < 1.29 is 42.2 Å². The van der Waals surface area contributed by atoms with Crippen LogP contribution in [0.5, 0.6) is 11.5 Å². The van der Waals surface area contributed by atoms with Gasteiger partial charge in [-0.3, -0.25) is 4.79 Å². The number of alkyl halides is 3. The number of oxime groups is 1. The van der Waals surface area contributed by atoms with E-state index >= 15 is 0 Å². The molecule has 0 spiro atoms. The van der Waals surface area contributed by atoms with Crippen LogP contribution in [-0.4, -0.2) is 50.1 Å². The molecule has 0 aliphatic carbocycles. The van der Waals surface area contributed by atoms with Crippen LogP contribution in [0.1, 0.15) is 16.7 Å². The lowest BCUT2D eigenvalue weighted by atomic mass is 9.99. The molecule has 0 fully saturated rings. The number of carbonyl (C=O) groups excluding carboxylic acids is 1. The summed E-state index contributed by atoms with van der Waals surface area (Å²) in [6, 6.07) is 14.7. The summed E-state index contributed by atoms with van der Waals surface area (Å²) in [7, 11) is 4.24. The lowest BCUT2D eigenvalue weighted by molar-refractivity contribution is -0.141. The Bertz CT molecular complexity index is 1280. The van der Waals surface area contributed by atoms with Gasteiger partial charge in [0.1, 0.15) is 24.7 Å². The zero-order valence-corrected chi connectivity index (χ0v) is 20.7. The van der Waals surface area contributed by atoms with E-state index in [1.165, 1.54) is 0 Å². The van der Waals surface area contributed by atoms with Gasteiger partial charge in [-0.05, 0) is 35.4 Å². The first kappa shape index (κ1) is 28.0. The van der Waals surface area contributed by atoms with Crippen molar-refractivity contribution in [3.63, 3.8) is 0 Å². The van der Waals surface area contributed by atoms with Gasteiger partial charge in [0.25, 0.3) is 5.91 Å². The SMILES string of the molecule is CON=C(C(=O)N[C@@H](Cc1ccc(-c2c(OC)cccc2OC)cc1)C(=O)O)c1ccc(C(F)(F)F)cc1. The minimum atomic E-state index is -4.56. The lowest BCUT2D eigenvalue weighted by Gasteiger charge is -2.17. The Morgan fingerprint density at radius 3 is 1.97 bits per heavy atom. The normalized spacial score (nSPS) is 12.4. The Hall–Kier alpha value is -4.54. The third kappa shape index (κ3) is 6.61. The summed E-state index contributed by atoms with van der Waals surface area (Å²) in [4.78, 5) is 29.5. The predicted molar refractivity (Wildman–Crippen MR) is 133 cm³/mol. The van der Waals surface area contributed by atoms with Crippen LogP contribution in [0, 0.1) is 0 Å². The minimum Gasteiger partial charge on any atom is -0.496 e. The molecule has 0 saturated carbocycles. The fourth-order valence-electron chi connectivity index (χ4n) is 3.74. The summed E-state index contributed by atoms with van der Waals surface area (Å²) in [5.74, 6) is -1.03. The molecule has 0 aliphatic rings. The summed E-state index contributed by atoms with van der Waals surface area (Å²) in [5.41, 5.74) is 0.855. The summed E-state index contributed by atoms with van der Waals surface area (Å²) >= 11 is 0. The second-order valence-electron chi connectivity index (χ2n) is 8.00. The zero-order chi connectivity index (χ0) is 27.9. The molecule has 3 aromatic carbocycles. The first-order chi connectivity index (χ1) is 18.1. The number of benzene rings is 3. The molecule has 0 aliphatic heterocycles. The number of carboxylic acid groups (broad SMARTS) is 1. The Morgan fingerprint density at radius 2 is 1.50 bits per heavy atom. The van der Waals surface area contributed by atoms with Crippen LogP contribution in [0.25, 0.3) is 11.1 Å².